The number of thioether (sulfide) groups is 1. The third-order valence-electron chi connectivity index (χ3n) is 3.16. The first-order chi connectivity index (χ1) is 9.16. The van der Waals surface area contributed by atoms with Crippen LogP contribution in [0.3, 0.4) is 0 Å². The van der Waals surface area contributed by atoms with E-state index in [1.54, 1.807) is 12.1 Å². The van der Waals surface area contributed by atoms with Gasteiger partial charge in [-0.2, -0.15) is 11.8 Å². The minimum absolute atomic E-state index is 0.136. The Labute approximate surface area is 116 Å². The van der Waals surface area contributed by atoms with Gasteiger partial charge in [-0.05, 0) is 42.9 Å². The lowest BCUT2D eigenvalue weighted by Crippen LogP contribution is -2.31. The molecule has 1 atom stereocenters. The molecule has 0 bridgehead atoms. The summed E-state index contributed by atoms with van der Waals surface area (Å²) in [6, 6.07) is 6.00. The first kappa shape index (κ1) is 13.9. The van der Waals surface area contributed by atoms with Crippen molar-refractivity contribution in [2.24, 2.45) is 0 Å². The summed E-state index contributed by atoms with van der Waals surface area (Å²) in [6.45, 7) is 0.685. The average molecular weight is 279 g/mol. The summed E-state index contributed by atoms with van der Waals surface area (Å²) in [5.41, 5.74) is 0.699. The van der Waals surface area contributed by atoms with Gasteiger partial charge in [0.05, 0.1) is 5.56 Å². The molecule has 1 aliphatic heterocycles. The Morgan fingerprint density at radius 1 is 1.21 bits per heavy atom. The molecule has 5 heteroatoms. The summed E-state index contributed by atoms with van der Waals surface area (Å²) < 4.78 is 0. The molecule has 19 heavy (non-hydrogen) atoms. The number of carboxylic acid groups (broad SMARTS) is 1. The van der Waals surface area contributed by atoms with Crippen LogP contribution in [0.4, 0.5) is 0 Å². The molecular formula is C14H17NO3S. The highest BCUT2D eigenvalue weighted by Crippen LogP contribution is 2.24. The van der Waals surface area contributed by atoms with Crippen LogP contribution in [-0.2, 0) is 0 Å². The highest BCUT2D eigenvalue weighted by atomic mass is 32.2. The molecule has 0 saturated carbocycles. The predicted molar refractivity (Wildman–Crippen MR) is 75.8 cm³/mol. The molecule has 102 valence electrons. The monoisotopic (exact) mass is 279 g/mol. The van der Waals surface area contributed by atoms with E-state index in [0.717, 1.165) is 6.42 Å². The van der Waals surface area contributed by atoms with Gasteiger partial charge in [-0.3, -0.25) is 4.79 Å². The van der Waals surface area contributed by atoms with E-state index in [9.17, 15) is 9.59 Å². The van der Waals surface area contributed by atoms with E-state index >= 15 is 0 Å². The van der Waals surface area contributed by atoms with E-state index in [1.165, 1.54) is 30.7 Å². The molecule has 2 N–H and O–H groups in total. The second kappa shape index (κ2) is 6.61. The molecule has 1 aromatic rings. The topological polar surface area (TPSA) is 66.4 Å². The number of amides is 1. The predicted octanol–water partition coefficient (Wildman–Crippen LogP) is 2.40. The largest absolute Gasteiger partial charge is 0.478 e. The van der Waals surface area contributed by atoms with Crippen LogP contribution in [-0.4, -0.2) is 34.5 Å². The van der Waals surface area contributed by atoms with Gasteiger partial charge in [0.15, 0.2) is 0 Å². The standard InChI is InChI=1S/C14H17NO3S/c16-13(15-9-12-3-1-2-8-19-12)10-4-6-11(7-5-10)14(17)18/h4-7,12H,1-3,8-9H2,(H,15,16)(H,17,18). The fourth-order valence-electron chi connectivity index (χ4n) is 2.04. The maximum absolute atomic E-state index is 11.9. The zero-order chi connectivity index (χ0) is 13.7. The lowest BCUT2D eigenvalue weighted by molar-refractivity contribution is 0.0696. The Kier molecular flexibility index (Phi) is 4.85. The molecule has 0 aromatic heterocycles. The molecule has 0 radical (unpaired) electrons. The van der Waals surface area contributed by atoms with Crippen molar-refractivity contribution < 1.29 is 14.7 Å². The number of benzene rings is 1. The molecule has 1 aromatic carbocycles. The van der Waals surface area contributed by atoms with E-state index in [0.29, 0.717) is 17.4 Å². The third-order valence-corrected chi connectivity index (χ3v) is 4.56. The quantitative estimate of drug-likeness (QED) is 0.888. The highest BCUT2D eigenvalue weighted by molar-refractivity contribution is 7.99. The number of rotatable bonds is 4. The second-order valence-electron chi connectivity index (χ2n) is 4.58. The van der Waals surface area contributed by atoms with Crippen LogP contribution in [0.2, 0.25) is 0 Å². The Morgan fingerprint density at radius 3 is 2.47 bits per heavy atom. The number of hydrogen-bond donors (Lipinski definition) is 2. The molecule has 1 unspecified atom stereocenters. The summed E-state index contributed by atoms with van der Waals surface area (Å²) in [4.78, 5) is 22.6. The van der Waals surface area contributed by atoms with Crippen molar-refractivity contribution in [1.29, 1.82) is 0 Å². The Hall–Kier alpha value is -1.49. The second-order valence-corrected chi connectivity index (χ2v) is 5.99. The van der Waals surface area contributed by atoms with Crippen LogP contribution >= 0.6 is 11.8 Å². The van der Waals surface area contributed by atoms with Crippen LogP contribution in [0, 0.1) is 0 Å². The van der Waals surface area contributed by atoms with Crippen LogP contribution in [0.1, 0.15) is 40.0 Å². The maximum Gasteiger partial charge on any atom is 0.335 e. The number of carbonyl (C=O) groups excluding carboxylic acids is 1. The van der Waals surface area contributed by atoms with Gasteiger partial charge in [0, 0.05) is 17.4 Å². The fourth-order valence-corrected chi connectivity index (χ4v) is 3.28. The molecule has 0 spiro atoms. The molecule has 2 rings (SSSR count). The van der Waals surface area contributed by atoms with Gasteiger partial charge in [0.1, 0.15) is 0 Å². The Balaban J connectivity index is 1.86. The summed E-state index contributed by atoms with van der Waals surface area (Å²) in [5.74, 6) is 0.0575. The van der Waals surface area contributed by atoms with Crippen LogP contribution < -0.4 is 5.32 Å². The lowest BCUT2D eigenvalue weighted by atomic mass is 10.1. The van der Waals surface area contributed by atoms with E-state index in [4.69, 9.17) is 5.11 Å². The lowest BCUT2D eigenvalue weighted by Gasteiger charge is -2.21. The van der Waals surface area contributed by atoms with Crippen LogP contribution in [0.15, 0.2) is 24.3 Å². The third kappa shape index (κ3) is 3.99. The maximum atomic E-state index is 11.9. The van der Waals surface area contributed by atoms with Gasteiger partial charge in [-0.15, -0.1) is 0 Å². The van der Waals surface area contributed by atoms with Gasteiger partial charge in [0.25, 0.3) is 5.91 Å². The molecule has 1 fully saturated rings. The molecule has 0 aliphatic carbocycles. The van der Waals surface area contributed by atoms with Crippen molar-refractivity contribution in [3.8, 4) is 0 Å². The van der Waals surface area contributed by atoms with Gasteiger partial charge in [-0.1, -0.05) is 6.42 Å². The van der Waals surface area contributed by atoms with Crippen molar-refractivity contribution >= 4 is 23.6 Å². The number of aromatic carboxylic acids is 1. The zero-order valence-corrected chi connectivity index (χ0v) is 11.4. The van der Waals surface area contributed by atoms with Crippen LogP contribution in [0.25, 0.3) is 0 Å². The van der Waals surface area contributed by atoms with Crippen molar-refractivity contribution in [1.82, 2.24) is 5.32 Å². The number of carbonyl (C=O) groups is 2. The van der Waals surface area contributed by atoms with Crippen molar-refractivity contribution in [3.05, 3.63) is 35.4 Å². The fraction of sp³-hybridized carbons (Fsp3) is 0.429. The minimum atomic E-state index is -0.981. The number of carboxylic acids is 1. The zero-order valence-electron chi connectivity index (χ0n) is 10.6. The van der Waals surface area contributed by atoms with Crippen LogP contribution in [0.5, 0.6) is 0 Å². The van der Waals surface area contributed by atoms with Crippen molar-refractivity contribution in [2.75, 3.05) is 12.3 Å². The minimum Gasteiger partial charge on any atom is -0.478 e. The first-order valence-corrected chi connectivity index (χ1v) is 7.45. The highest BCUT2D eigenvalue weighted by Gasteiger charge is 2.15. The normalized spacial score (nSPS) is 18.8. The van der Waals surface area contributed by atoms with Crippen molar-refractivity contribution in [2.45, 2.75) is 24.5 Å². The summed E-state index contributed by atoms with van der Waals surface area (Å²) >= 11 is 1.91. The van der Waals surface area contributed by atoms with Gasteiger partial charge in [-0.25, -0.2) is 4.79 Å². The molecular weight excluding hydrogens is 262 g/mol. The number of hydrogen-bond acceptors (Lipinski definition) is 3. The number of nitrogens with one attached hydrogen (secondary N) is 1. The first-order valence-electron chi connectivity index (χ1n) is 6.40. The average Bonchev–Trinajstić information content (AvgIpc) is 2.46. The SMILES string of the molecule is O=C(O)c1ccc(C(=O)NCC2CCCCS2)cc1. The molecule has 1 amide bonds. The van der Waals surface area contributed by atoms with Gasteiger partial charge in [0.2, 0.25) is 0 Å². The summed E-state index contributed by atoms with van der Waals surface area (Å²) in [5, 5.41) is 12.2. The molecule has 1 saturated heterocycles. The van der Waals surface area contributed by atoms with E-state index < -0.39 is 5.97 Å². The van der Waals surface area contributed by atoms with Gasteiger partial charge < -0.3 is 10.4 Å². The smallest absolute Gasteiger partial charge is 0.335 e. The molecule has 1 heterocycles. The molecule has 1 aliphatic rings. The summed E-state index contributed by atoms with van der Waals surface area (Å²) in [6.07, 6.45) is 3.66. The summed E-state index contributed by atoms with van der Waals surface area (Å²) in [7, 11) is 0. The Morgan fingerprint density at radius 2 is 1.89 bits per heavy atom. The molecule has 4 nitrogen and oxygen atoms in total. The van der Waals surface area contributed by atoms with Gasteiger partial charge >= 0.3 is 5.97 Å². The van der Waals surface area contributed by atoms with Crippen molar-refractivity contribution in [3.63, 3.8) is 0 Å². The van der Waals surface area contributed by atoms with E-state index in [1.807, 2.05) is 11.8 Å². The Bertz CT molecular complexity index is 452. The van der Waals surface area contributed by atoms with E-state index in [-0.39, 0.29) is 11.5 Å². The van der Waals surface area contributed by atoms with E-state index in [2.05, 4.69) is 5.32 Å².